The number of nitrogens with zero attached hydrogens (tertiary/aromatic N) is 4. The van der Waals surface area contributed by atoms with Crippen molar-refractivity contribution in [2.24, 2.45) is 23.7 Å². The van der Waals surface area contributed by atoms with Crippen LogP contribution in [0, 0.1) is 40.8 Å². The van der Waals surface area contributed by atoms with Crippen molar-refractivity contribution in [3.05, 3.63) is 41.5 Å². The topological polar surface area (TPSA) is 244 Å². The van der Waals surface area contributed by atoms with E-state index in [-0.39, 0.29) is 49.4 Å². The number of carbonyl (C=O) groups is 2. The zero-order chi connectivity index (χ0) is 52.9. The van der Waals surface area contributed by atoms with E-state index < -0.39 is 107 Å². The van der Waals surface area contributed by atoms with Gasteiger partial charge < -0.3 is 69.7 Å². The van der Waals surface area contributed by atoms with Crippen molar-refractivity contribution in [2.45, 2.75) is 192 Å². The Balaban J connectivity index is 1.35. The molecule has 19 heteroatoms. The minimum atomic E-state index is -1.80. The number of benzene rings is 1. The van der Waals surface area contributed by atoms with E-state index in [1.165, 1.54) is 24.0 Å². The summed E-state index contributed by atoms with van der Waals surface area (Å²) in [5.41, 5.74) is 0.961. The Morgan fingerprint density at radius 3 is 2.37 bits per heavy atom. The number of hydrogen-bond donors (Lipinski definition) is 6. The zero-order valence-corrected chi connectivity index (χ0v) is 44.5. The molecule has 0 radical (unpaired) electrons. The van der Waals surface area contributed by atoms with Gasteiger partial charge in [0.15, 0.2) is 6.29 Å². The van der Waals surface area contributed by atoms with Gasteiger partial charge in [-0.3, -0.25) is 9.69 Å². The molecular formula is C52H86FN6O12+. The summed E-state index contributed by atoms with van der Waals surface area (Å²) in [4.78, 5) is 32.7. The maximum Gasteiger partial charge on any atom is 0.414 e. The van der Waals surface area contributed by atoms with Crippen LogP contribution in [-0.4, -0.2) is 174 Å². The highest BCUT2D eigenvalue weighted by molar-refractivity contribution is 5.89. The van der Waals surface area contributed by atoms with Crippen LogP contribution < -0.4 is 16.0 Å². The number of nitriles is 1. The third-order valence-electron chi connectivity index (χ3n) is 16.1. The summed E-state index contributed by atoms with van der Waals surface area (Å²) in [5, 5.41) is 60.0. The molecule has 5 rings (SSSR count). The first-order chi connectivity index (χ1) is 33.2. The van der Waals surface area contributed by atoms with E-state index in [0.29, 0.717) is 38.2 Å². The first-order valence-corrected chi connectivity index (χ1v) is 25.5. The lowest BCUT2D eigenvalue weighted by atomic mass is 9.68. The number of esters is 1. The summed E-state index contributed by atoms with van der Waals surface area (Å²) in [5.74, 6) is -3.56. The van der Waals surface area contributed by atoms with Gasteiger partial charge in [0.05, 0.1) is 72.1 Å². The second kappa shape index (κ2) is 24.2. The van der Waals surface area contributed by atoms with E-state index >= 15 is 0 Å². The lowest BCUT2D eigenvalue weighted by molar-refractivity contribution is -0.308. The summed E-state index contributed by atoms with van der Waals surface area (Å²) in [6.45, 7) is 19.9. The van der Waals surface area contributed by atoms with E-state index in [1.54, 1.807) is 47.1 Å². The Bertz CT molecular complexity index is 2020. The average Bonchev–Trinajstić information content (AvgIpc) is 3.68. The molecule has 4 aliphatic rings. The Morgan fingerprint density at radius 1 is 1.04 bits per heavy atom. The van der Waals surface area contributed by atoms with Crippen molar-refractivity contribution in [1.82, 2.24) is 15.1 Å². The molecule has 8 N–H and O–H groups in total. The number of anilines is 1. The van der Waals surface area contributed by atoms with Gasteiger partial charge in [-0.15, -0.1) is 0 Å². The Kier molecular flexibility index (Phi) is 19.9. The number of nitrogens with one attached hydrogen (secondary N) is 1. The highest BCUT2D eigenvalue weighted by Crippen LogP contribution is 2.45. The van der Waals surface area contributed by atoms with Crippen LogP contribution in [0.4, 0.5) is 14.9 Å². The average molecular weight is 1010 g/mol. The zero-order valence-electron chi connectivity index (χ0n) is 44.5. The monoisotopic (exact) mass is 1010 g/mol. The molecule has 4 saturated heterocycles. The smallest absolute Gasteiger partial charge is 0.414 e. The number of aliphatic hydroxyl groups excluding tert-OH is 2. The molecule has 1 aromatic carbocycles. The van der Waals surface area contributed by atoms with Crippen LogP contribution in [0.15, 0.2) is 30.1 Å². The van der Waals surface area contributed by atoms with Gasteiger partial charge in [-0.2, -0.15) is 5.26 Å². The summed E-state index contributed by atoms with van der Waals surface area (Å²) >= 11 is 0. The van der Waals surface area contributed by atoms with Gasteiger partial charge in [-0.05, 0) is 105 Å². The largest absolute Gasteiger partial charge is 0.459 e. The summed E-state index contributed by atoms with van der Waals surface area (Å²) in [7, 11) is 5.45. The number of carbonyl (C=O) groups excluding carboxylic acids is 2. The molecule has 0 spiro atoms. The molecule has 0 bridgehead atoms. The molecule has 4 fully saturated rings. The fraction of sp³-hybridized carbons (Fsp3) is 0.788. The molecule has 18 atom stereocenters. The first kappa shape index (κ1) is 58.4. The van der Waals surface area contributed by atoms with Gasteiger partial charge in [0.1, 0.15) is 47.6 Å². The maximum absolute atomic E-state index is 14.6. The number of ether oxygens (including phenoxy) is 6. The van der Waals surface area contributed by atoms with Crippen molar-refractivity contribution in [3.63, 3.8) is 0 Å². The molecule has 4 aliphatic heterocycles. The van der Waals surface area contributed by atoms with Crippen molar-refractivity contribution < 1.29 is 68.6 Å². The lowest BCUT2D eigenvalue weighted by Crippen LogP contribution is -2.61. The van der Waals surface area contributed by atoms with Crippen molar-refractivity contribution in [3.8, 4) is 6.07 Å². The van der Waals surface area contributed by atoms with E-state index in [0.717, 1.165) is 18.2 Å². The molecule has 1 unspecified atom stereocenters. The number of aliphatic hydroxyl groups is 4. The minimum Gasteiger partial charge on any atom is -0.459 e. The Hall–Kier alpha value is -3.52. The molecule has 0 aliphatic carbocycles. The molecule has 71 heavy (non-hydrogen) atoms. The standard InChI is InChI=1S/C52H85FN6O12/c1-14-42-52(10,65)45(60)33(6)58(12)27-29(2)22-50(8,64)47(31(4)44(32(5)48(62)70-42)41-23-51(9,66-13)46(61)34(7)68-41)71-43-21-38(19-30(3)67-43)57(11)18-17-36(55)25-56-26-39-28-59(49(63)69-39)37-16-15-35(24-54)40(53)20-37/h15-16,20,25,29-34,38-39,41-47,56,60-61,64-65H,14,17-19,21-23,26-28,55H2,1-13H3/p+1/b36-25-/t29-,30-,31+,32-,33-,34+,38+,39+,41-,42-,43+,44?,45-,46+,47-,50-,51-,52-/m1/s1. The fourth-order valence-corrected chi connectivity index (χ4v) is 11.7. The summed E-state index contributed by atoms with van der Waals surface area (Å²) < 4.78 is 52.2. The highest BCUT2D eigenvalue weighted by Gasteiger charge is 2.54. The van der Waals surface area contributed by atoms with Crippen molar-refractivity contribution in [1.29, 1.82) is 5.26 Å². The molecule has 1 aromatic rings. The van der Waals surface area contributed by atoms with Crippen LogP contribution >= 0.6 is 0 Å². The van der Waals surface area contributed by atoms with Gasteiger partial charge in [0.25, 0.3) is 0 Å². The molecule has 18 nitrogen and oxygen atoms in total. The normalized spacial score (nSPS) is 40.6. The van der Waals surface area contributed by atoms with Crippen LogP contribution in [0.25, 0.3) is 0 Å². The lowest BCUT2D eigenvalue weighted by Gasteiger charge is -2.51. The molecule has 0 saturated carbocycles. The number of cyclic esters (lactones) is 2. The highest BCUT2D eigenvalue weighted by atomic mass is 19.1. The van der Waals surface area contributed by atoms with Gasteiger partial charge >= 0.3 is 12.1 Å². The van der Waals surface area contributed by atoms with E-state index in [4.69, 9.17) is 33.7 Å². The molecule has 1 amide bonds. The molecule has 0 aromatic heterocycles. The molecule has 402 valence electrons. The third kappa shape index (κ3) is 13.8. The maximum atomic E-state index is 14.6. The Morgan fingerprint density at radius 2 is 1.73 bits per heavy atom. The second-order valence-corrected chi connectivity index (χ2v) is 22.0. The minimum absolute atomic E-state index is 0.0263. The van der Waals surface area contributed by atoms with Crippen molar-refractivity contribution >= 4 is 17.7 Å². The summed E-state index contributed by atoms with van der Waals surface area (Å²) in [6.07, 6.45) is -3.21. The van der Waals surface area contributed by atoms with Crippen molar-refractivity contribution in [2.75, 3.05) is 52.3 Å². The number of halogens is 1. The van der Waals surface area contributed by atoms with Crippen LogP contribution in [0.2, 0.25) is 0 Å². The third-order valence-corrected chi connectivity index (χ3v) is 16.1. The van der Waals surface area contributed by atoms with E-state index in [1.807, 2.05) is 53.6 Å². The molecular weight excluding hydrogens is 920 g/mol. The second-order valence-electron chi connectivity index (χ2n) is 22.0. The van der Waals surface area contributed by atoms with E-state index in [2.05, 4.69) is 16.0 Å². The van der Waals surface area contributed by atoms with Crippen LogP contribution in [0.3, 0.4) is 0 Å². The number of methoxy groups -OCH3 is 1. The Labute approximate surface area is 420 Å². The number of rotatable bonds is 13. The summed E-state index contributed by atoms with van der Waals surface area (Å²) in [6, 6.07) is 5.27. The number of amides is 1. The van der Waals surface area contributed by atoms with E-state index in [9.17, 15) is 34.4 Å². The van der Waals surface area contributed by atoms with Crippen LogP contribution in [0.5, 0.6) is 0 Å². The first-order valence-electron chi connectivity index (χ1n) is 25.5. The SMILES string of the molecule is CC[C@H]1OC(=O)[C@H](C)C([C@H]2C[C@@](C)(OC)[C@@H](O)[C@H](C)O2)[C@H](C)[C@@H](O[C@H]2C[C@@H](N(C)CC/C([NH3+])=C/NC[C@H]3CN(c4ccc(C#N)c(F)c4)C(=O)O3)C[C@@H](C)O2)[C@](C)(O)C[C@@H](C)CN(C)[C@H](C)[C@@H](O)[C@]1(C)O. The fourth-order valence-electron chi connectivity index (χ4n) is 11.7. The van der Waals surface area contributed by atoms with Gasteiger partial charge in [-0.25, -0.2) is 9.18 Å². The number of quaternary nitrogens is 1. The number of likely N-dealkylation sites (N-methyl/N-ethyl adjacent to an activating group) is 1. The predicted octanol–water partition coefficient (Wildman–Crippen LogP) is 3.67. The molecule has 4 heterocycles. The van der Waals surface area contributed by atoms with Gasteiger partial charge in [-0.1, -0.05) is 27.7 Å². The van der Waals surface area contributed by atoms with Gasteiger partial charge in [0.2, 0.25) is 0 Å². The number of hydrogen-bond acceptors (Lipinski definition) is 16. The van der Waals surface area contributed by atoms with Crippen LogP contribution in [0.1, 0.15) is 113 Å². The van der Waals surface area contributed by atoms with Crippen LogP contribution in [-0.2, 0) is 33.2 Å². The quantitative estimate of drug-likeness (QED) is 0.155. The van der Waals surface area contributed by atoms with Gasteiger partial charge in [0, 0.05) is 57.5 Å². The predicted molar refractivity (Wildman–Crippen MR) is 263 cm³/mol.